The lowest BCUT2D eigenvalue weighted by Crippen LogP contribution is -2.32. The second-order valence-electron chi connectivity index (χ2n) is 6.13. The van der Waals surface area contributed by atoms with Crippen molar-refractivity contribution in [1.29, 1.82) is 0 Å². The van der Waals surface area contributed by atoms with Gasteiger partial charge in [0.05, 0.1) is 11.8 Å². The van der Waals surface area contributed by atoms with Crippen molar-refractivity contribution in [2.24, 2.45) is 11.8 Å². The Morgan fingerprint density at radius 2 is 1.82 bits per heavy atom. The number of carboxylic acids is 1. The Balaban J connectivity index is 2.08. The number of hydrogen-bond donors (Lipinski definition) is 2. The highest BCUT2D eigenvalue weighted by Gasteiger charge is 2.57. The van der Waals surface area contributed by atoms with Crippen molar-refractivity contribution in [2.75, 3.05) is 6.54 Å². The van der Waals surface area contributed by atoms with Crippen molar-refractivity contribution < 1.29 is 19.4 Å². The number of rotatable bonds is 2. The van der Waals surface area contributed by atoms with Crippen molar-refractivity contribution in [3.8, 4) is 0 Å². The molecule has 2 rings (SSSR count). The van der Waals surface area contributed by atoms with Gasteiger partial charge in [-0.15, -0.1) is 0 Å². The molecule has 0 aromatic heterocycles. The maximum atomic E-state index is 12.0. The van der Waals surface area contributed by atoms with E-state index in [0.29, 0.717) is 12.8 Å². The van der Waals surface area contributed by atoms with Gasteiger partial charge in [-0.3, -0.25) is 9.59 Å². The number of hydrogen-bond acceptors (Lipinski definition) is 4. The number of nitrogens with one attached hydrogen (secondary N) is 1. The fourth-order valence-corrected chi connectivity index (χ4v) is 2.51. The molecular weight excluding hydrogens is 222 g/mol. The third kappa shape index (κ3) is 2.60. The summed E-state index contributed by atoms with van der Waals surface area (Å²) in [6.45, 7) is 6.19. The Labute approximate surface area is 101 Å². The van der Waals surface area contributed by atoms with Crippen LogP contribution >= 0.6 is 0 Å². The third-order valence-electron chi connectivity index (χ3n) is 3.41. The van der Waals surface area contributed by atoms with Gasteiger partial charge in [0.2, 0.25) is 0 Å². The van der Waals surface area contributed by atoms with Crippen molar-refractivity contribution in [3.05, 3.63) is 0 Å². The van der Waals surface area contributed by atoms with Gasteiger partial charge in [-0.2, -0.15) is 0 Å². The van der Waals surface area contributed by atoms with Gasteiger partial charge in [0.1, 0.15) is 5.60 Å². The summed E-state index contributed by atoms with van der Waals surface area (Å²) in [6.07, 6.45) is 1.12. The van der Waals surface area contributed by atoms with Crippen molar-refractivity contribution in [2.45, 2.75) is 44.8 Å². The standard InChI is InChI=1S/C12H19NO4/c1-11(2,3)17-10(16)8-5-12(6-13-12)4-7(8)9(14)15/h7-8,13H,4-6H2,1-3H3,(H,14,15)/t7?,8?,12-/m0/s1. The molecule has 0 aromatic rings. The monoisotopic (exact) mass is 241 g/mol. The number of carbonyl (C=O) groups is 2. The fourth-order valence-electron chi connectivity index (χ4n) is 2.51. The molecule has 3 atom stereocenters. The Bertz CT molecular complexity index is 354. The predicted octanol–water partition coefficient (Wildman–Crippen LogP) is 0.781. The molecule has 0 aromatic carbocycles. The first-order valence-electron chi connectivity index (χ1n) is 5.93. The quantitative estimate of drug-likeness (QED) is 0.551. The first-order chi connectivity index (χ1) is 7.72. The second kappa shape index (κ2) is 3.70. The summed E-state index contributed by atoms with van der Waals surface area (Å²) >= 11 is 0. The van der Waals surface area contributed by atoms with Crippen LogP contribution in [0.15, 0.2) is 0 Å². The molecule has 2 unspecified atom stereocenters. The second-order valence-corrected chi connectivity index (χ2v) is 6.13. The molecule has 1 spiro atoms. The van der Waals surface area contributed by atoms with Crippen LogP contribution in [0.4, 0.5) is 0 Å². The lowest BCUT2D eigenvalue weighted by Gasteiger charge is -2.23. The summed E-state index contributed by atoms with van der Waals surface area (Å²) in [5, 5.41) is 12.3. The van der Waals surface area contributed by atoms with Crippen LogP contribution in [0.2, 0.25) is 0 Å². The van der Waals surface area contributed by atoms with Crippen molar-refractivity contribution in [3.63, 3.8) is 0 Å². The van der Waals surface area contributed by atoms with E-state index in [1.807, 2.05) is 0 Å². The van der Waals surface area contributed by atoms with Crippen LogP contribution < -0.4 is 5.32 Å². The smallest absolute Gasteiger partial charge is 0.310 e. The zero-order valence-corrected chi connectivity index (χ0v) is 10.4. The minimum atomic E-state index is -0.897. The van der Waals surface area contributed by atoms with E-state index in [9.17, 15) is 9.59 Å². The maximum absolute atomic E-state index is 12.0. The molecule has 0 radical (unpaired) electrons. The molecule has 96 valence electrons. The molecular formula is C12H19NO4. The molecule has 1 saturated carbocycles. The van der Waals surface area contributed by atoms with Gasteiger partial charge in [-0.25, -0.2) is 0 Å². The van der Waals surface area contributed by atoms with Gasteiger partial charge in [0.25, 0.3) is 0 Å². The summed E-state index contributed by atoms with van der Waals surface area (Å²) in [7, 11) is 0. The minimum Gasteiger partial charge on any atom is -0.481 e. The van der Waals surface area contributed by atoms with E-state index >= 15 is 0 Å². The molecule has 0 amide bonds. The number of ether oxygens (including phenoxy) is 1. The highest BCUT2D eigenvalue weighted by atomic mass is 16.6. The van der Waals surface area contributed by atoms with Crippen LogP contribution in [0.5, 0.6) is 0 Å². The van der Waals surface area contributed by atoms with E-state index in [0.717, 1.165) is 6.54 Å². The lowest BCUT2D eigenvalue weighted by atomic mass is 9.96. The van der Waals surface area contributed by atoms with Crippen LogP contribution in [-0.2, 0) is 14.3 Å². The molecule has 1 heterocycles. The first kappa shape index (κ1) is 12.4. The van der Waals surface area contributed by atoms with Gasteiger partial charge in [-0.05, 0) is 33.6 Å². The largest absolute Gasteiger partial charge is 0.481 e. The fraction of sp³-hybridized carbons (Fsp3) is 0.833. The SMILES string of the molecule is CC(C)(C)OC(=O)C1C[C@]2(CN2)CC1C(=O)O. The molecule has 2 fully saturated rings. The van der Waals surface area contributed by atoms with E-state index in [1.54, 1.807) is 20.8 Å². The molecule has 17 heavy (non-hydrogen) atoms. The normalized spacial score (nSPS) is 35.9. The molecule has 1 aliphatic heterocycles. The number of carbonyl (C=O) groups excluding carboxylic acids is 1. The number of esters is 1. The summed E-state index contributed by atoms with van der Waals surface area (Å²) in [5.41, 5.74) is -0.669. The molecule has 2 aliphatic rings. The van der Waals surface area contributed by atoms with E-state index in [1.165, 1.54) is 0 Å². The Morgan fingerprint density at radius 1 is 1.29 bits per heavy atom. The molecule has 0 bridgehead atoms. The van der Waals surface area contributed by atoms with Crippen molar-refractivity contribution in [1.82, 2.24) is 5.32 Å². The summed E-state index contributed by atoms with van der Waals surface area (Å²) in [4.78, 5) is 23.1. The van der Waals surface area contributed by atoms with Gasteiger partial charge < -0.3 is 15.2 Å². The zero-order valence-electron chi connectivity index (χ0n) is 10.4. The average molecular weight is 241 g/mol. The topological polar surface area (TPSA) is 85.5 Å². The molecule has 5 nitrogen and oxygen atoms in total. The average Bonchev–Trinajstić information content (AvgIpc) is 2.73. The van der Waals surface area contributed by atoms with E-state index in [2.05, 4.69) is 5.32 Å². The number of carboxylic acid groups (broad SMARTS) is 1. The summed E-state index contributed by atoms with van der Waals surface area (Å²) < 4.78 is 5.29. The van der Waals surface area contributed by atoms with Gasteiger partial charge >= 0.3 is 11.9 Å². The van der Waals surface area contributed by atoms with Gasteiger partial charge in [0.15, 0.2) is 0 Å². The molecule has 5 heteroatoms. The first-order valence-corrected chi connectivity index (χ1v) is 5.93. The van der Waals surface area contributed by atoms with Crippen LogP contribution in [0.3, 0.4) is 0 Å². The molecule has 1 saturated heterocycles. The van der Waals surface area contributed by atoms with Gasteiger partial charge in [0, 0.05) is 12.1 Å². The maximum Gasteiger partial charge on any atom is 0.310 e. The van der Waals surface area contributed by atoms with Crippen LogP contribution in [-0.4, -0.2) is 34.7 Å². The predicted molar refractivity (Wildman–Crippen MR) is 60.4 cm³/mol. The molecule has 2 N–H and O–H groups in total. The highest BCUT2D eigenvalue weighted by Crippen LogP contribution is 2.45. The van der Waals surface area contributed by atoms with Crippen LogP contribution in [0, 0.1) is 11.8 Å². The third-order valence-corrected chi connectivity index (χ3v) is 3.41. The summed E-state index contributed by atoms with van der Waals surface area (Å²) in [6, 6.07) is 0. The number of aliphatic carboxylic acids is 1. The lowest BCUT2D eigenvalue weighted by molar-refractivity contribution is -0.165. The van der Waals surface area contributed by atoms with Gasteiger partial charge in [-0.1, -0.05) is 0 Å². The molecule has 1 aliphatic carbocycles. The van der Waals surface area contributed by atoms with Crippen LogP contribution in [0.25, 0.3) is 0 Å². The van der Waals surface area contributed by atoms with Crippen molar-refractivity contribution >= 4 is 11.9 Å². The van der Waals surface area contributed by atoms with E-state index < -0.39 is 23.4 Å². The zero-order chi connectivity index (χ0) is 12.8. The minimum absolute atomic E-state index is 0.107. The highest BCUT2D eigenvalue weighted by molar-refractivity contribution is 5.82. The van der Waals surface area contributed by atoms with Crippen LogP contribution in [0.1, 0.15) is 33.6 Å². The Kier molecular flexibility index (Phi) is 2.69. The summed E-state index contributed by atoms with van der Waals surface area (Å²) in [5.74, 6) is -2.40. The van der Waals surface area contributed by atoms with E-state index in [-0.39, 0.29) is 11.5 Å². The van der Waals surface area contributed by atoms with E-state index in [4.69, 9.17) is 9.84 Å². The Morgan fingerprint density at radius 3 is 2.24 bits per heavy atom. The Hall–Kier alpha value is -1.10.